The highest BCUT2D eigenvalue weighted by Gasteiger charge is 2.59. The summed E-state index contributed by atoms with van der Waals surface area (Å²) in [6.45, 7) is 3.83. The molecule has 1 N–H and O–H groups in total. The van der Waals surface area contributed by atoms with Crippen molar-refractivity contribution in [1.82, 2.24) is 9.97 Å². The van der Waals surface area contributed by atoms with Crippen molar-refractivity contribution in [2.45, 2.75) is 56.6 Å². The van der Waals surface area contributed by atoms with E-state index >= 15 is 0 Å². The highest BCUT2D eigenvalue weighted by Crippen LogP contribution is 2.60. The molecule has 8 heteroatoms. The number of fused-ring (bicyclic) bond motifs is 1. The molecule has 136 valence electrons. The fourth-order valence-electron chi connectivity index (χ4n) is 4.01. The molecule has 0 radical (unpaired) electrons. The third-order valence-electron chi connectivity index (χ3n) is 5.49. The zero-order valence-electron chi connectivity index (χ0n) is 14.5. The number of hydrogen-bond donors (Lipinski definition) is 1. The van der Waals surface area contributed by atoms with Crippen LogP contribution in [0.3, 0.4) is 0 Å². The molecule has 0 amide bonds. The van der Waals surface area contributed by atoms with Crippen molar-refractivity contribution < 1.29 is 17.9 Å². The van der Waals surface area contributed by atoms with Crippen LogP contribution in [0, 0.1) is 18.8 Å². The van der Waals surface area contributed by atoms with Crippen molar-refractivity contribution in [2.24, 2.45) is 11.8 Å². The Kier molecular flexibility index (Phi) is 3.79. The lowest BCUT2D eigenvalue weighted by atomic mass is 9.79. The Hall–Kier alpha value is -1.70. The third-order valence-corrected chi connectivity index (χ3v) is 7.34. The summed E-state index contributed by atoms with van der Waals surface area (Å²) >= 11 is 0. The first-order chi connectivity index (χ1) is 11.8. The highest BCUT2D eigenvalue weighted by molar-refractivity contribution is 7.93. The summed E-state index contributed by atoms with van der Waals surface area (Å²) in [5.41, 5.74) is -0.184. The van der Waals surface area contributed by atoms with E-state index in [1.807, 2.05) is 0 Å². The van der Waals surface area contributed by atoms with Gasteiger partial charge in [0.25, 0.3) is 0 Å². The van der Waals surface area contributed by atoms with Crippen LogP contribution in [-0.4, -0.2) is 36.2 Å². The van der Waals surface area contributed by atoms with Crippen LogP contribution in [0.4, 0.5) is 5.82 Å². The fourth-order valence-corrected chi connectivity index (χ4v) is 5.33. The Bertz CT molecular complexity index is 809. The van der Waals surface area contributed by atoms with Crippen LogP contribution in [0.2, 0.25) is 0 Å². The summed E-state index contributed by atoms with van der Waals surface area (Å²) in [4.78, 5) is 21.4. The molecule has 2 unspecified atom stereocenters. The molecule has 3 saturated carbocycles. The summed E-state index contributed by atoms with van der Waals surface area (Å²) < 4.78 is 32.3. The van der Waals surface area contributed by atoms with E-state index < -0.39 is 15.4 Å². The number of carbonyl (C=O) groups excluding carboxylic acids is 1. The van der Waals surface area contributed by atoms with Gasteiger partial charge in [-0.15, -0.1) is 0 Å². The number of nitrogens with one attached hydrogen (secondary N) is 1. The van der Waals surface area contributed by atoms with Crippen LogP contribution in [-0.2, 0) is 25.0 Å². The van der Waals surface area contributed by atoms with Gasteiger partial charge < -0.3 is 4.74 Å². The molecule has 7 nitrogen and oxygen atoms in total. The van der Waals surface area contributed by atoms with Gasteiger partial charge in [-0.25, -0.2) is 18.4 Å². The number of aryl methyl sites for hydroxylation is 1. The number of esters is 1. The minimum Gasteiger partial charge on any atom is -0.465 e. The van der Waals surface area contributed by atoms with E-state index in [2.05, 4.69) is 14.7 Å². The summed E-state index contributed by atoms with van der Waals surface area (Å²) in [6, 6.07) is 1.62. The van der Waals surface area contributed by atoms with Crippen LogP contribution in [0.25, 0.3) is 0 Å². The van der Waals surface area contributed by atoms with E-state index in [4.69, 9.17) is 4.74 Å². The van der Waals surface area contributed by atoms with Gasteiger partial charge in [0.2, 0.25) is 10.0 Å². The summed E-state index contributed by atoms with van der Waals surface area (Å²) in [5.74, 6) is 1.54. The maximum absolute atomic E-state index is 12.7. The smallest absolute Gasteiger partial charge is 0.318 e. The van der Waals surface area contributed by atoms with Crippen LogP contribution in [0.5, 0.6) is 0 Å². The standard InChI is InChI=1S/C17H23N3O4S/c1-3-24-16(21)17(8-11-6-12(11)9-17)14-7-15(19-10(2)18-14)20-25(22,23)13-4-5-13/h7,11-13H,3-6,8-9H2,1-2H3,(H,18,19,20). The van der Waals surface area contributed by atoms with Gasteiger partial charge >= 0.3 is 5.97 Å². The lowest BCUT2D eigenvalue weighted by molar-refractivity contribution is -0.150. The zero-order chi connectivity index (χ0) is 17.8. The second-order valence-corrected chi connectivity index (χ2v) is 9.46. The van der Waals surface area contributed by atoms with Crippen LogP contribution in [0.1, 0.15) is 50.5 Å². The Morgan fingerprint density at radius 1 is 1.32 bits per heavy atom. The first kappa shape index (κ1) is 16.8. The van der Waals surface area contributed by atoms with E-state index in [-0.39, 0.29) is 17.0 Å². The molecule has 4 rings (SSSR count). The first-order valence-electron chi connectivity index (χ1n) is 8.89. The molecule has 1 aromatic rings. The van der Waals surface area contributed by atoms with Gasteiger partial charge in [-0.05, 0) is 57.8 Å². The number of sulfonamides is 1. The van der Waals surface area contributed by atoms with Gasteiger partial charge in [-0.1, -0.05) is 0 Å². The third kappa shape index (κ3) is 3.01. The van der Waals surface area contributed by atoms with Crippen LogP contribution < -0.4 is 4.72 Å². The summed E-state index contributed by atoms with van der Waals surface area (Å²) in [6.07, 6.45) is 3.97. The van der Waals surface area contributed by atoms with Gasteiger partial charge in [-0.3, -0.25) is 9.52 Å². The minimum absolute atomic E-state index is 0.249. The lowest BCUT2D eigenvalue weighted by Gasteiger charge is -2.28. The Morgan fingerprint density at radius 3 is 2.60 bits per heavy atom. The highest BCUT2D eigenvalue weighted by atomic mass is 32.2. The average molecular weight is 365 g/mol. The van der Waals surface area contributed by atoms with Crippen LogP contribution >= 0.6 is 0 Å². The monoisotopic (exact) mass is 365 g/mol. The SMILES string of the molecule is CCOC(=O)C1(c2cc(NS(=O)(=O)C3CC3)nc(C)n2)CC2CC2C1. The van der Waals surface area contributed by atoms with Crippen molar-refractivity contribution in [3.8, 4) is 0 Å². The molecule has 0 saturated heterocycles. The molecule has 0 bridgehead atoms. The van der Waals surface area contributed by atoms with E-state index in [9.17, 15) is 13.2 Å². The normalized spacial score (nSPS) is 30.6. The van der Waals surface area contributed by atoms with Gasteiger partial charge in [0.05, 0.1) is 17.6 Å². The van der Waals surface area contributed by atoms with Gasteiger partial charge in [0.1, 0.15) is 17.1 Å². The predicted molar refractivity (Wildman–Crippen MR) is 91.5 cm³/mol. The number of nitrogens with zero attached hydrogens (tertiary/aromatic N) is 2. The fraction of sp³-hybridized carbons (Fsp3) is 0.706. The molecule has 0 aliphatic heterocycles. The number of hydrogen-bond acceptors (Lipinski definition) is 6. The lowest BCUT2D eigenvalue weighted by Crippen LogP contribution is -2.37. The molecule has 0 aromatic carbocycles. The molecule has 1 heterocycles. The first-order valence-corrected chi connectivity index (χ1v) is 10.4. The zero-order valence-corrected chi connectivity index (χ0v) is 15.3. The maximum atomic E-state index is 12.7. The van der Waals surface area contributed by atoms with Crippen molar-refractivity contribution in [2.75, 3.05) is 11.3 Å². The Morgan fingerprint density at radius 2 is 2.00 bits per heavy atom. The quantitative estimate of drug-likeness (QED) is 0.774. The van der Waals surface area contributed by atoms with Crippen molar-refractivity contribution in [3.63, 3.8) is 0 Å². The molecule has 25 heavy (non-hydrogen) atoms. The van der Waals surface area contributed by atoms with E-state index in [1.165, 1.54) is 0 Å². The van der Waals surface area contributed by atoms with Crippen LogP contribution in [0.15, 0.2) is 6.07 Å². The summed E-state index contributed by atoms with van der Waals surface area (Å²) in [7, 11) is -3.41. The predicted octanol–water partition coefficient (Wildman–Crippen LogP) is 1.92. The van der Waals surface area contributed by atoms with Gasteiger partial charge in [0.15, 0.2) is 0 Å². The molecule has 0 spiro atoms. The molecule has 3 aliphatic rings. The molecule has 1 aromatic heterocycles. The van der Waals surface area contributed by atoms with E-state index in [1.54, 1.807) is 19.9 Å². The minimum atomic E-state index is -3.41. The number of aromatic nitrogens is 2. The van der Waals surface area contributed by atoms with Crippen molar-refractivity contribution >= 4 is 21.8 Å². The van der Waals surface area contributed by atoms with Crippen molar-refractivity contribution in [1.29, 1.82) is 0 Å². The maximum Gasteiger partial charge on any atom is 0.318 e. The van der Waals surface area contributed by atoms with E-state index in [0.29, 0.717) is 42.8 Å². The molecule has 3 aliphatic carbocycles. The van der Waals surface area contributed by atoms with Gasteiger partial charge in [0, 0.05) is 6.07 Å². The Labute approximate surface area is 147 Å². The van der Waals surface area contributed by atoms with Gasteiger partial charge in [-0.2, -0.15) is 0 Å². The second kappa shape index (κ2) is 5.65. The number of carbonyl (C=O) groups is 1. The number of rotatable bonds is 6. The Balaban J connectivity index is 1.69. The van der Waals surface area contributed by atoms with E-state index in [0.717, 1.165) is 19.3 Å². The second-order valence-electron chi connectivity index (χ2n) is 7.50. The molecular formula is C17H23N3O4S. The molecule has 3 fully saturated rings. The summed E-state index contributed by atoms with van der Waals surface area (Å²) in [5, 5.41) is -0.329. The topological polar surface area (TPSA) is 98.2 Å². The number of ether oxygens (including phenoxy) is 1. The molecule has 2 atom stereocenters. The largest absolute Gasteiger partial charge is 0.465 e. The average Bonchev–Trinajstić information content (AvgIpc) is 3.45. The number of anilines is 1. The van der Waals surface area contributed by atoms with Crippen molar-refractivity contribution in [3.05, 3.63) is 17.6 Å². The molecular weight excluding hydrogens is 342 g/mol.